The third-order valence-electron chi connectivity index (χ3n) is 4.72. The van der Waals surface area contributed by atoms with E-state index >= 15 is 0 Å². The number of rotatable bonds is 4. The molecule has 2 heterocycles. The lowest BCUT2D eigenvalue weighted by Crippen LogP contribution is -2.19. The van der Waals surface area contributed by atoms with Crippen molar-refractivity contribution in [1.29, 1.82) is 0 Å². The van der Waals surface area contributed by atoms with Gasteiger partial charge in [-0.2, -0.15) is 4.98 Å². The second-order valence-electron chi connectivity index (χ2n) is 6.73. The number of benzene rings is 2. The Morgan fingerprint density at radius 3 is 2.61 bits per heavy atom. The van der Waals surface area contributed by atoms with Crippen molar-refractivity contribution < 1.29 is 4.39 Å². The maximum atomic E-state index is 13.7. The van der Waals surface area contributed by atoms with Crippen molar-refractivity contribution in [1.82, 2.24) is 19.7 Å². The Morgan fingerprint density at radius 1 is 1.11 bits per heavy atom. The maximum Gasteiger partial charge on any atom is 0.227 e. The summed E-state index contributed by atoms with van der Waals surface area (Å²) in [4.78, 5) is 11.3. The predicted octanol–water partition coefficient (Wildman–Crippen LogP) is 3.97. The average molecular weight is 376 g/mol. The highest BCUT2D eigenvalue weighted by atomic mass is 19.1. The smallest absolute Gasteiger partial charge is 0.227 e. The molecule has 2 aromatic heterocycles. The number of aryl methyl sites for hydroxylation is 1. The van der Waals surface area contributed by atoms with E-state index in [0.29, 0.717) is 34.2 Å². The molecule has 0 radical (unpaired) electrons. The zero-order chi connectivity index (χ0) is 19.8. The number of hydrogen-bond acceptors (Lipinski definition) is 5. The topological polar surface area (TPSA) is 72.9 Å². The van der Waals surface area contributed by atoms with E-state index < -0.39 is 0 Å². The molecule has 0 atom stereocenters. The monoisotopic (exact) mass is 376 g/mol. The van der Waals surface area contributed by atoms with E-state index in [4.69, 9.17) is 10.7 Å². The van der Waals surface area contributed by atoms with Crippen LogP contribution in [0, 0.1) is 12.7 Å². The van der Waals surface area contributed by atoms with Crippen molar-refractivity contribution in [3.05, 3.63) is 59.9 Å². The molecule has 0 amide bonds. The summed E-state index contributed by atoms with van der Waals surface area (Å²) in [7, 11) is 1.92. The normalized spacial score (nSPS) is 11.1. The average Bonchev–Trinajstić information content (AvgIpc) is 3.03. The number of fused-ring (bicyclic) bond motifs is 1. The highest BCUT2D eigenvalue weighted by Crippen LogP contribution is 2.33. The first kappa shape index (κ1) is 17.9. The van der Waals surface area contributed by atoms with Crippen molar-refractivity contribution in [2.75, 3.05) is 24.2 Å². The molecule has 0 saturated carbocycles. The van der Waals surface area contributed by atoms with Gasteiger partial charge in [0.05, 0.1) is 16.8 Å². The highest BCUT2D eigenvalue weighted by Gasteiger charge is 2.20. The first-order chi connectivity index (χ1) is 13.5. The standard InChI is InChI=1S/C21H21FN6/c1-4-27(3)21-24-18(14-8-5-7-13(2)11-14)17-19(23)28(26-20(17)25-21)16-10-6-9-15(22)12-16/h5-12H,4,23H2,1-3H3. The van der Waals surface area contributed by atoms with Crippen LogP contribution in [-0.2, 0) is 0 Å². The molecule has 4 rings (SSSR count). The van der Waals surface area contributed by atoms with Gasteiger partial charge < -0.3 is 10.6 Å². The van der Waals surface area contributed by atoms with Crippen LogP contribution in [0.2, 0.25) is 0 Å². The van der Waals surface area contributed by atoms with Crippen molar-refractivity contribution in [3.63, 3.8) is 0 Å². The summed E-state index contributed by atoms with van der Waals surface area (Å²) < 4.78 is 15.2. The Balaban J connectivity index is 2.03. The van der Waals surface area contributed by atoms with E-state index in [9.17, 15) is 4.39 Å². The van der Waals surface area contributed by atoms with Crippen LogP contribution in [0.15, 0.2) is 48.5 Å². The Bertz CT molecular complexity index is 1170. The molecule has 0 fully saturated rings. The Hall–Kier alpha value is -3.48. The van der Waals surface area contributed by atoms with E-state index in [1.54, 1.807) is 12.1 Å². The second kappa shape index (κ2) is 6.92. The van der Waals surface area contributed by atoms with E-state index in [2.05, 4.69) is 16.1 Å². The van der Waals surface area contributed by atoms with Crippen molar-refractivity contribution in [2.45, 2.75) is 13.8 Å². The number of halogens is 1. The van der Waals surface area contributed by atoms with Gasteiger partial charge in [-0.25, -0.2) is 14.1 Å². The fourth-order valence-corrected chi connectivity index (χ4v) is 3.12. The summed E-state index contributed by atoms with van der Waals surface area (Å²) in [5.74, 6) is 0.589. The van der Waals surface area contributed by atoms with Gasteiger partial charge in [0.2, 0.25) is 5.95 Å². The van der Waals surface area contributed by atoms with E-state index in [-0.39, 0.29) is 5.82 Å². The quantitative estimate of drug-likeness (QED) is 0.583. The van der Waals surface area contributed by atoms with Crippen LogP contribution in [0.1, 0.15) is 12.5 Å². The van der Waals surface area contributed by atoms with Gasteiger partial charge in [-0.1, -0.05) is 29.8 Å². The van der Waals surface area contributed by atoms with Gasteiger partial charge in [-0.05, 0) is 38.1 Å². The summed E-state index contributed by atoms with van der Waals surface area (Å²) in [6.45, 7) is 4.80. The zero-order valence-corrected chi connectivity index (χ0v) is 16.0. The van der Waals surface area contributed by atoms with Crippen molar-refractivity contribution in [3.8, 4) is 16.9 Å². The molecule has 0 aliphatic carbocycles. The van der Waals surface area contributed by atoms with Gasteiger partial charge in [0.15, 0.2) is 5.65 Å². The molecule has 0 saturated heterocycles. The van der Waals surface area contributed by atoms with Gasteiger partial charge in [0.1, 0.15) is 11.6 Å². The summed E-state index contributed by atoms with van der Waals surface area (Å²) in [6, 6.07) is 14.2. The van der Waals surface area contributed by atoms with Crippen molar-refractivity contribution in [2.24, 2.45) is 0 Å². The molecule has 2 N–H and O–H groups in total. The zero-order valence-electron chi connectivity index (χ0n) is 16.0. The van der Waals surface area contributed by atoms with Gasteiger partial charge in [-0.15, -0.1) is 5.10 Å². The molecule has 4 aromatic rings. The lowest BCUT2D eigenvalue weighted by Gasteiger charge is -2.15. The lowest BCUT2D eigenvalue weighted by molar-refractivity contribution is 0.625. The van der Waals surface area contributed by atoms with Gasteiger partial charge in [0.25, 0.3) is 0 Å². The second-order valence-corrected chi connectivity index (χ2v) is 6.73. The molecule has 142 valence electrons. The van der Waals surface area contributed by atoms with Gasteiger partial charge in [0, 0.05) is 19.2 Å². The summed E-state index contributed by atoms with van der Waals surface area (Å²) >= 11 is 0. The third-order valence-corrected chi connectivity index (χ3v) is 4.72. The number of nitrogens with two attached hydrogens (primary N) is 1. The molecule has 0 aliphatic heterocycles. The minimum absolute atomic E-state index is 0.354. The maximum absolute atomic E-state index is 13.7. The van der Waals surface area contributed by atoms with Crippen LogP contribution < -0.4 is 10.6 Å². The molecule has 2 aromatic carbocycles. The highest BCUT2D eigenvalue weighted by molar-refractivity contribution is 5.99. The summed E-state index contributed by atoms with van der Waals surface area (Å²) in [5.41, 5.74) is 10.2. The number of nitrogens with zero attached hydrogens (tertiary/aromatic N) is 5. The van der Waals surface area contributed by atoms with Crippen LogP contribution in [-0.4, -0.2) is 33.3 Å². The molecule has 0 aliphatic rings. The number of aromatic nitrogens is 4. The fourth-order valence-electron chi connectivity index (χ4n) is 3.12. The summed E-state index contributed by atoms with van der Waals surface area (Å²) in [6.07, 6.45) is 0. The molecule has 0 unspecified atom stereocenters. The molecular formula is C21H21FN6. The lowest BCUT2D eigenvalue weighted by atomic mass is 10.1. The first-order valence-corrected chi connectivity index (χ1v) is 9.08. The Morgan fingerprint density at radius 2 is 1.89 bits per heavy atom. The Labute approximate surface area is 162 Å². The predicted molar refractivity (Wildman–Crippen MR) is 110 cm³/mol. The number of anilines is 2. The van der Waals surface area contributed by atoms with Crippen LogP contribution >= 0.6 is 0 Å². The van der Waals surface area contributed by atoms with Gasteiger partial charge in [-0.3, -0.25) is 0 Å². The van der Waals surface area contributed by atoms with Crippen LogP contribution in [0.25, 0.3) is 28.0 Å². The molecular weight excluding hydrogens is 355 g/mol. The van der Waals surface area contributed by atoms with E-state index in [0.717, 1.165) is 17.7 Å². The summed E-state index contributed by atoms with van der Waals surface area (Å²) in [5, 5.41) is 5.21. The van der Waals surface area contributed by atoms with Crippen LogP contribution in [0.4, 0.5) is 16.2 Å². The Kier molecular flexibility index (Phi) is 4.43. The third kappa shape index (κ3) is 3.05. The molecule has 6 nitrogen and oxygen atoms in total. The van der Waals surface area contributed by atoms with Crippen molar-refractivity contribution >= 4 is 22.8 Å². The molecule has 0 spiro atoms. The minimum atomic E-state index is -0.354. The molecule has 28 heavy (non-hydrogen) atoms. The minimum Gasteiger partial charge on any atom is -0.383 e. The fraction of sp³-hybridized carbons (Fsp3) is 0.190. The SMILES string of the molecule is CCN(C)c1nc(-c2cccc(C)c2)c2c(N)n(-c3cccc(F)c3)nc2n1. The molecule has 0 bridgehead atoms. The van der Waals surface area contributed by atoms with E-state index in [1.165, 1.54) is 16.8 Å². The first-order valence-electron chi connectivity index (χ1n) is 9.08. The number of nitrogen functional groups attached to an aromatic ring is 1. The van der Waals surface area contributed by atoms with Crippen LogP contribution in [0.5, 0.6) is 0 Å². The van der Waals surface area contributed by atoms with Gasteiger partial charge >= 0.3 is 0 Å². The van der Waals surface area contributed by atoms with Crippen LogP contribution in [0.3, 0.4) is 0 Å². The largest absolute Gasteiger partial charge is 0.383 e. The van der Waals surface area contributed by atoms with E-state index in [1.807, 2.05) is 44.0 Å². The molecule has 7 heteroatoms. The number of hydrogen-bond donors (Lipinski definition) is 1.